The van der Waals surface area contributed by atoms with Crippen LogP contribution in [0.5, 0.6) is 11.5 Å². The Morgan fingerprint density at radius 1 is 0.900 bits per heavy atom. The van der Waals surface area contributed by atoms with Crippen molar-refractivity contribution in [2.45, 2.75) is 90.2 Å². The van der Waals surface area contributed by atoms with Crippen LogP contribution in [0.2, 0.25) is 0 Å². The number of carbonyl (C=O) groups excluding carboxylic acids is 1. The Morgan fingerprint density at radius 2 is 1.50 bits per heavy atom. The number of hydrogen-bond acceptors (Lipinski definition) is 16. The molecular weight excluding hydrogens is 956 g/mol. The van der Waals surface area contributed by atoms with Gasteiger partial charge >= 0.3 is 0 Å². The monoisotopic (exact) mass is 1020 g/mol. The van der Waals surface area contributed by atoms with E-state index in [0.717, 1.165) is 16.7 Å². The van der Waals surface area contributed by atoms with Crippen molar-refractivity contribution in [3.63, 3.8) is 0 Å². The van der Waals surface area contributed by atoms with Gasteiger partial charge in [-0.05, 0) is 80.9 Å². The Kier molecular flexibility index (Phi) is 17.4. The van der Waals surface area contributed by atoms with Gasteiger partial charge in [0.25, 0.3) is 13.7 Å². The molecule has 1 amide bonds. The molecule has 18 nitrogen and oxygen atoms in total. The smallest absolute Gasteiger partial charge is 0.259 e. The Labute approximate surface area is 416 Å². The fourth-order valence-electron chi connectivity index (χ4n) is 8.48. The number of carbonyl (C=O) groups is 1. The average molecular weight is 1020 g/mol. The summed E-state index contributed by atoms with van der Waals surface area (Å²) in [6.45, 7) is 11.9. The van der Waals surface area contributed by atoms with E-state index in [0.29, 0.717) is 22.7 Å². The maximum absolute atomic E-state index is 13.0. The van der Waals surface area contributed by atoms with E-state index in [-0.39, 0.29) is 79.1 Å². The highest BCUT2D eigenvalue weighted by Crippen LogP contribution is 2.52. The van der Waals surface area contributed by atoms with E-state index in [1.165, 1.54) is 12.7 Å². The molecule has 374 valence electrons. The maximum atomic E-state index is 13.0. The number of amides is 1. The molecule has 21 heteroatoms. The third-order valence-electron chi connectivity index (χ3n) is 12.0. The minimum atomic E-state index is -3.27. The lowest BCUT2D eigenvalue weighted by Crippen LogP contribution is -2.48. The summed E-state index contributed by atoms with van der Waals surface area (Å²) < 4.78 is 75.5. The molecule has 2 aliphatic rings. The van der Waals surface area contributed by atoms with Crippen molar-refractivity contribution in [1.29, 1.82) is 5.26 Å². The van der Waals surface area contributed by atoms with Crippen molar-refractivity contribution in [2.75, 3.05) is 57.3 Å². The molecule has 2 aromatic heterocycles. The molecule has 2 saturated heterocycles. The van der Waals surface area contributed by atoms with Crippen molar-refractivity contribution < 1.29 is 45.9 Å². The van der Waals surface area contributed by atoms with Crippen molar-refractivity contribution in [1.82, 2.24) is 29.1 Å². The Hall–Kier alpha value is -5.36. The number of benzene rings is 3. The van der Waals surface area contributed by atoms with Gasteiger partial charge in [0.2, 0.25) is 5.91 Å². The fraction of sp³-hybridized carbons (Fsp3) is 0.469. The second-order valence-corrected chi connectivity index (χ2v) is 21.7. The number of anilines is 1. The molecule has 0 saturated carbocycles. The molecule has 2 fully saturated rings. The standard InChI is InChI=1S/C49H61N8O10PS2/c1-32(2)46(58)54-44-41-45(52-30-51-44)56(31-53-41)47-43(66-48(69)55-24-27-70(59,60)28-25-55)42(67-68(64-26-12-23-50)57(33(3)4)34(5)6)40(65-47)29-63-49(35-13-10-9-11-14-35,36-15-19-38(61-7)20-16-36)37-17-21-39(62-8)22-18-37/h9-11,13-22,30-34,40,42-43,47H,12,24-29H2,1-8H3,(H,51,52,54,58)/t40-,42+,43?,47-,68?/m1/s1. The van der Waals surface area contributed by atoms with Gasteiger partial charge in [-0.25, -0.2) is 28.0 Å². The molecule has 0 radical (unpaired) electrons. The molecule has 0 aliphatic carbocycles. The maximum Gasteiger partial charge on any atom is 0.259 e. The third kappa shape index (κ3) is 11.7. The van der Waals surface area contributed by atoms with Gasteiger partial charge in [-0.1, -0.05) is 68.4 Å². The van der Waals surface area contributed by atoms with E-state index < -0.39 is 48.5 Å². The number of sulfone groups is 1. The number of nitrogens with zero attached hydrogens (tertiary/aromatic N) is 7. The minimum Gasteiger partial charge on any atom is -0.497 e. The Morgan fingerprint density at radius 3 is 2.06 bits per heavy atom. The third-order valence-corrected chi connectivity index (χ3v) is 16.1. The van der Waals surface area contributed by atoms with E-state index in [9.17, 15) is 18.5 Å². The summed E-state index contributed by atoms with van der Waals surface area (Å²) in [5, 5.41) is 12.5. The number of fused-ring (bicyclic) bond motifs is 1. The summed E-state index contributed by atoms with van der Waals surface area (Å²) in [5.41, 5.74) is 1.73. The molecular formula is C49H61N8O10PS2. The highest BCUT2D eigenvalue weighted by molar-refractivity contribution is 7.91. The molecule has 70 heavy (non-hydrogen) atoms. The van der Waals surface area contributed by atoms with E-state index in [2.05, 4.69) is 31.0 Å². The number of thiocarbonyl (C=S) groups is 1. The second-order valence-electron chi connectivity index (χ2n) is 17.7. The van der Waals surface area contributed by atoms with Crippen LogP contribution in [0, 0.1) is 17.2 Å². The first-order chi connectivity index (χ1) is 33.6. The normalized spacial score (nSPS) is 19.7. The first-order valence-electron chi connectivity index (χ1n) is 23.1. The van der Waals surface area contributed by atoms with Crippen LogP contribution in [0.4, 0.5) is 5.82 Å². The summed E-state index contributed by atoms with van der Waals surface area (Å²) in [6, 6.07) is 27.3. The summed E-state index contributed by atoms with van der Waals surface area (Å²) in [5.74, 6) is 0.734. The average Bonchev–Trinajstić information content (AvgIpc) is 3.93. The number of rotatable bonds is 20. The zero-order chi connectivity index (χ0) is 50.2. The summed E-state index contributed by atoms with van der Waals surface area (Å²) in [7, 11) is -1.99. The number of aromatic nitrogens is 4. The first kappa shape index (κ1) is 52.5. The van der Waals surface area contributed by atoms with Crippen LogP contribution < -0.4 is 14.8 Å². The van der Waals surface area contributed by atoms with Gasteiger partial charge in [0.15, 0.2) is 39.2 Å². The van der Waals surface area contributed by atoms with E-state index in [1.54, 1.807) is 37.5 Å². The topological polar surface area (TPSA) is 202 Å². The number of methoxy groups -OCH3 is 2. The fourth-order valence-corrected chi connectivity index (χ4v) is 11.7. The van der Waals surface area contributed by atoms with Gasteiger partial charge in [0.1, 0.15) is 35.6 Å². The lowest BCUT2D eigenvalue weighted by molar-refractivity contribution is -0.118. The highest BCUT2D eigenvalue weighted by Gasteiger charge is 2.53. The summed E-state index contributed by atoms with van der Waals surface area (Å²) in [6.07, 6.45) is -1.16. The van der Waals surface area contributed by atoms with Gasteiger partial charge in [-0.3, -0.25) is 9.36 Å². The quantitative estimate of drug-likeness (QED) is 0.0349. The lowest BCUT2D eigenvalue weighted by atomic mass is 9.80. The predicted molar refractivity (Wildman–Crippen MR) is 269 cm³/mol. The minimum absolute atomic E-state index is 0.0435. The van der Waals surface area contributed by atoms with Crippen molar-refractivity contribution >= 4 is 58.6 Å². The van der Waals surface area contributed by atoms with Crippen LogP contribution in [0.15, 0.2) is 91.5 Å². The number of imidazole rings is 1. The van der Waals surface area contributed by atoms with Crippen LogP contribution in [0.1, 0.15) is 70.9 Å². The molecule has 3 aromatic carbocycles. The van der Waals surface area contributed by atoms with Crippen LogP contribution in [-0.4, -0.2) is 131 Å². The molecule has 5 aromatic rings. The zero-order valence-electron chi connectivity index (χ0n) is 40.6. The van der Waals surface area contributed by atoms with Gasteiger partial charge in [-0.15, -0.1) is 0 Å². The molecule has 5 atom stereocenters. The SMILES string of the molecule is COc1ccc(C(OC[C@H]2O[C@@H](n3cnc4c(NC(=O)C(C)C)ncnc43)C(OC(=S)N3CCS(=O)(=O)CC3)[C@H]2OP(OCCC#N)N(C(C)C)C(C)C)(c2ccccc2)c2ccc(OC)cc2)cc1. The van der Waals surface area contributed by atoms with Crippen LogP contribution in [0.3, 0.4) is 0 Å². The summed E-state index contributed by atoms with van der Waals surface area (Å²) in [4.78, 5) is 28.4. The molecule has 2 aliphatic heterocycles. The molecule has 4 heterocycles. The molecule has 1 N–H and O–H groups in total. The zero-order valence-corrected chi connectivity index (χ0v) is 43.2. The first-order valence-corrected chi connectivity index (χ1v) is 26.5. The molecule has 7 rings (SSSR count). The van der Waals surface area contributed by atoms with Gasteiger partial charge in [-0.2, -0.15) is 5.26 Å². The molecule has 2 unspecified atom stereocenters. The Balaban J connectivity index is 1.40. The van der Waals surface area contributed by atoms with Crippen LogP contribution >= 0.6 is 20.7 Å². The van der Waals surface area contributed by atoms with Gasteiger partial charge in [0.05, 0.1) is 57.8 Å². The number of hydrogen-bond donors (Lipinski definition) is 1. The number of nitriles is 1. The second kappa shape index (κ2) is 23.2. The lowest BCUT2D eigenvalue weighted by Gasteiger charge is -2.39. The van der Waals surface area contributed by atoms with Crippen molar-refractivity contribution in [2.24, 2.45) is 5.92 Å². The summed E-state index contributed by atoms with van der Waals surface area (Å²) >= 11 is 6.01. The van der Waals surface area contributed by atoms with Gasteiger partial charge < -0.3 is 42.9 Å². The molecule has 0 bridgehead atoms. The Bertz CT molecular complexity index is 2640. The van der Waals surface area contributed by atoms with Crippen molar-refractivity contribution in [3.8, 4) is 17.6 Å². The highest BCUT2D eigenvalue weighted by atomic mass is 32.2. The number of ether oxygens (including phenoxy) is 5. The van der Waals surface area contributed by atoms with Crippen molar-refractivity contribution in [3.05, 3.63) is 108 Å². The largest absolute Gasteiger partial charge is 0.497 e. The van der Waals surface area contributed by atoms with Crippen LogP contribution in [0.25, 0.3) is 11.2 Å². The van der Waals surface area contributed by atoms with E-state index in [1.807, 2.05) is 107 Å². The number of nitrogens with one attached hydrogen (secondary N) is 1. The van der Waals surface area contributed by atoms with Gasteiger partial charge in [0, 0.05) is 31.1 Å². The van der Waals surface area contributed by atoms with Crippen LogP contribution in [-0.2, 0) is 43.5 Å². The predicted octanol–water partition coefficient (Wildman–Crippen LogP) is 7.41. The molecule has 0 spiro atoms. The van der Waals surface area contributed by atoms with E-state index in [4.69, 9.17) is 44.9 Å². The van der Waals surface area contributed by atoms with E-state index >= 15 is 0 Å².